The number of aromatic nitrogens is 4. The Labute approximate surface area is 178 Å². The van der Waals surface area contributed by atoms with Gasteiger partial charge in [-0.2, -0.15) is 10.1 Å². The summed E-state index contributed by atoms with van der Waals surface area (Å²) in [5.41, 5.74) is 0.865. The lowest BCUT2D eigenvalue weighted by Gasteiger charge is -2.12. The van der Waals surface area contributed by atoms with Gasteiger partial charge in [0.05, 0.1) is 5.69 Å². The first-order valence-corrected chi connectivity index (χ1v) is 9.93. The van der Waals surface area contributed by atoms with Crippen LogP contribution in [0.1, 0.15) is 91.2 Å². The first-order chi connectivity index (χ1) is 13.5. The van der Waals surface area contributed by atoms with Crippen LogP contribution in [0.4, 0.5) is 0 Å². The molecule has 0 spiro atoms. The van der Waals surface area contributed by atoms with E-state index in [9.17, 15) is 4.79 Å². The van der Waals surface area contributed by atoms with Gasteiger partial charge in [-0.1, -0.05) is 72.6 Å². The van der Waals surface area contributed by atoms with Crippen molar-refractivity contribution in [3.8, 4) is 0 Å². The van der Waals surface area contributed by atoms with E-state index in [0.29, 0.717) is 11.7 Å². The van der Waals surface area contributed by atoms with E-state index in [2.05, 4.69) is 62.0 Å². The van der Waals surface area contributed by atoms with Gasteiger partial charge >= 0.3 is 0 Å². The second-order valence-corrected chi connectivity index (χ2v) is 10.3. The SMILES string of the molecule is CC(C)(C)c1cc(=O)[nH]o1.Cc1cc(C(C)(C)C)no1.Cc1nc(C(C)(C)C)no1. The summed E-state index contributed by atoms with van der Waals surface area (Å²) in [4.78, 5) is 14.7. The molecule has 0 aromatic carbocycles. The maximum atomic E-state index is 10.6. The van der Waals surface area contributed by atoms with Crippen molar-refractivity contribution >= 4 is 0 Å². The molecule has 3 heterocycles. The number of nitrogens with one attached hydrogen (secondary N) is 1. The van der Waals surface area contributed by atoms with Crippen molar-refractivity contribution in [2.75, 3.05) is 0 Å². The highest BCUT2D eigenvalue weighted by atomic mass is 16.5. The maximum absolute atomic E-state index is 10.6. The Balaban J connectivity index is 0.000000225. The summed E-state index contributed by atoms with van der Waals surface area (Å²) in [6, 6.07) is 3.44. The van der Waals surface area contributed by atoms with Gasteiger partial charge < -0.3 is 13.6 Å². The highest BCUT2D eigenvalue weighted by molar-refractivity contribution is 5.12. The molecule has 0 amide bonds. The van der Waals surface area contributed by atoms with Crippen LogP contribution in [-0.4, -0.2) is 20.5 Å². The van der Waals surface area contributed by atoms with E-state index >= 15 is 0 Å². The fraction of sp³-hybridized carbons (Fsp3) is 0.636. The zero-order chi connectivity index (χ0) is 23.3. The molecule has 0 unspecified atom stereocenters. The molecule has 0 aliphatic carbocycles. The molecule has 0 aliphatic heterocycles. The van der Waals surface area contributed by atoms with Crippen LogP contribution in [0.2, 0.25) is 0 Å². The molecule has 0 saturated carbocycles. The first-order valence-electron chi connectivity index (χ1n) is 9.93. The van der Waals surface area contributed by atoms with Crippen LogP contribution in [0.15, 0.2) is 30.5 Å². The van der Waals surface area contributed by atoms with Crippen molar-refractivity contribution in [2.24, 2.45) is 0 Å². The lowest BCUT2D eigenvalue weighted by molar-refractivity contribution is 0.326. The average Bonchev–Trinajstić information content (AvgIpc) is 3.27. The Morgan fingerprint density at radius 3 is 1.60 bits per heavy atom. The van der Waals surface area contributed by atoms with Crippen molar-refractivity contribution < 1.29 is 13.6 Å². The van der Waals surface area contributed by atoms with Gasteiger partial charge in [0.2, 0.25) is 5.89 Å². The van der Waals surface area contributed by atoms with Gasteiger partial charge in [-0.15, -0.1) is 0 Å². The molecule has 3 aromatic rings. The topological polar surface area (TPSA) is 111 Å². The lowest BCUT2D eigenvalue weighted by atomic mass is 9.92. The molecule has 3 aromatic heterocycles. The number of hydrogen-bond donors (Lipinski definition) is 1. The normalized spacial score (nSPS) is 12.0. The summed E-state index contributed by atoms with van der Waals surface area (Å²) in [6.45, 7) is 22.2. The van der Waals surface area contributed by atoms with Gasteiger partial charge in [0, 0.05) is 35.3 Å². The molecule has 168 valence electrons. The Morgan fingerprint density at radius 1 is 0.800 bits per heavy atom. The van der Waals surface area contributed by atoms with E-state index in [1.807, 2.05) is 33.8 Å². The summed E-state index contributed by atoms with van der Waals surface area (Å²) in [6.07, 6.45) is 0. The predicted molar refractivity (Wildman–Crippen MR) is 116 cm³/mol. The molecule has 0 bridgehead atoms. The summed E-state index contributed by atoms with van der Waals surface area (Å²) in [5, 5.41) is 9.96. The molecule has 0 aliphatic rings. The van der Waals surface area contributed by atoms with Crippen molar-refractivity contribution in [3.05, 3.63) is 51.4 Å². The van der Waals surface area contributed by atoms with Gasteiger partial charge in [0.25, 0.3) is 5.56 Å². The van der Waals surface area contributed by atoms with Gasteiger partial charge in [-0.05, 0) is 6.92 Å². The molecule has 3 rings (SSSR count). The molecule has 0 saturated heterocycles. The summed E-state index contributed by atoms with van der Waals surface area (Å²) in [7, 11) is 0. The van der Waals surface area contributed by atoms with Crippen LogP contribution < -0.4 is 5.56 Å². The second kappa shape index (κ2) is 9.45. The fourth-order valence-corrected chi connectivity index (χ4v) is 1.98. The van der Waals surface area contributed by atoms with Crippen LogP contribution in [-0.2, 0) is 16.2 Å². The molecule has 8 nitrogen and oxygen atoms in total. The number of rotatable bonds is 0. The van der Waals surface area contributed by atoms with E-state index in [1.165, 1.54) is 6.07 Å². The Bertz CT molecular complexity index is 906. The highest BCUT2D eigenvalue weighted by Crippen LogP contribution is 2.21. The zero-order valence-corrected chi connectivity index (χ0v) is 20.1. The molecule has 30 heavy (non-hydrogen) atoms. The third kappa shape index (κ3) is 8.39. The molecule has 0 fully saturated rings. The fourth-order valence-electron chi connectivity index (χ4n) is 1.98. The minimum Gasteiger partial charge on any atom is -0.383 e. The van der Waals surface area contributed by atoms with Crippen molar-refractivity contribution in [1.82, 2.24) is 20.5 Å². The Kier molecular flexibility index (Phi) is 8.00. The first kappa shape index (κ1) is 25.4. The van der Waals surface area contributed by atoms with E-state index < -0.39 is 0 Å². The number of aromatic amines is 1. The van der Waals surface area contributed by atoms with Crippen molar-refractivity contribution in [1.29, 1.82) is 0 Å². The number of H-pyrrole nitrogens is 1. The van der Waals surface area contributed by atoms with E-state index in [-0.39, 0.29) is 21.8 Å². The van der Waals surface area contributed by atoms with Crippen LogP contribution in [0.25, 0.3) is 0 Å². The molecule has 1 N–H and O–H groups in total. The number of hydrogen-bond acceptors (Lipinski definition) is 7. The second-order valence-electron chi connectivity index (χ2n) is 10.3. The quantitative estimate of drug-likeness (QED) is 0.530. The average molecular weight is 421 g/mol. The monoisotopic (exact) mass is 420 g/mol. The van der Waals surface area contributed by atoms with E-state index in [0.717, 1.165) is 17.3 Å². The molecule has 8 heteroatoms. The van der Waals surface area contributed by atoms with Crippen LogP contribution in [0.3, 0.4) is 0 Å². The van der Waals surface area contributed by atoms with Gasteiger partial charge in [0.15, 0.2) is 5.82 Å². The lowest BCUT2D eigenvalue weighted by Crippen LogP contribution is -2.13. The molecular formula is C22H36N4O4. The Morgan fingerprint density at radius 2 is 1.40 bits per heavy atom. The minimum absolute atomic E-state index is 0.00222. The van der Waals surface area contributed by atoms with Crippen LogP contribution in [0.5, 0.6) is 0 Å². The molecule has 0 atom stereocenters. The van der Waals surface area contributed by atoms with Gasteiger partial charge in [0.1, 0.15) is 11.5 Å². The highest BCUT2D eigenvalue weighted by Gasteiger charge is 2.20. The van der Waals surface area contributed by atoms with Crippen LogP contribution >= 0.6 is 0 Å². The van der Waals surface area contributed by atoms with Crippen molar-refractivity contribution in [3.63, 3.8) is 0 Å². The maximum Gasteiger partial charge on any atom is 0.280 e. The minimum atomic E-state index is -0.176. The molecule has 0 radical (unpaired) electrons. The largest absolute Gasteiger partial charge is 0.383 e. The van der Waals surface area contributed by atoms with Gasteiger partial charge in [-0.3, -0.25) is 4.79 Å². The third-order valence-electron chi connectivity index (χ3n) is 3.86. The summed E-state index contributed by atoms with van der Waals surface area (Å²) < 4.78 is 14.7. The van der Waals surface area contributed by atoms with Gasteiger partial charge in [-0.25, -0.2) is 0 Å². The number of aryl methyl sites for hydroxylation is 2. The summed E-state index contributed by atoms with van der Waals surface area (Å²) in [5.74, 6) is 2.97. The van der Waals surface area contributed by atoms with Crippen LogP contribution in [0, 0.1) is 13.8 Å². The smallest absolute Gasteiger partial charge is 0.280 e. The zero-order valence-electron chi connectivity index (χ0n) is 20.1. The Hall–Kier alpha value is -2.64. The third-order valence-corrected chi connectivity index (χ3v) is 3.86. The van der Waals surface area contributed by atoms with E-state index in [1.54, 1.807) is 6.92 Å². The predicted octanol–water partition coefficient (Wildman–Crippen LogP) is 5.22. The molecular weight excluding hydrogens is 384 g/mol. The van der Waals surface area contributed by atoms with Crippen molar-refractivity contribution in [2.45, 2.75) is 92.4 Å². The standard InChI is InChI=1S/C8H13NO.C7H12N2O.C7H11NO2/c1-6-5-7(9-10-6)8(2,3)4;1-5-8-6(9-10-5)7(2,3)4;1-7(2,3)5-4-6(9)8-10-5/h5H,1-4H3;1-4H3;4H,1-3H3,(H,8,9). The number of nitrogens with zero attached hydrogens (tertiary/aromatic N) is 3. The van der Waals surface area contributed by atoms with E-state index in [4.69, 9.17) is 13.6 Å². The summed E-state index contributed by atoms with van der Waals surface area (Å²) >= 11 is 0.